The highest BCUT2D eigenvalue weighted by atomic mass is 79.9. The number of anilines is 1. The van der Waals surface area contributed by atoms with Crippen LogP contribution >= 0.6 is 15.9 Å². The van der Waals surface area contributed by atoms with Gasteiger partial charge < -0.3 is 10.4 Å². The molecule has 2 rings (SSSR count). The average molecular weight is 344 g/mol. The normalized spacial score (nSPS) is 18.3. The maximum absolute atomic E-state index is 11.0. The molecule has 0 spiro atoms. The summed E-state index contributed by atoms with van der Waals surface area (Å²) in [7, 11) is 0. The van der Waals surface area contributed by atoms with E-state index in [1.807, 2.05) is 0 Å². The minimum Gasteiger partial charge on any atom is -0.388 e. The highest BCUT2D eigenvalue weighted by Crippen LogP contribution is 2.33. The van der Waals surface area contributed by atoms with Gasteiger partial charge in [0.05, 0.1) is 15.0 Å². The van der Waals surface area contributed by atoms with E-state index in [0.29, 0.717) is 16.7 Å². The first-order chi connectivity index (χ1) is 9.52. The first-order valence-electron chi connectivity index (χ1n) is 6.76. The number of rotatable bonds is 4. The molecule has 2 N–H and O–H groups in total. The van der Waals surface area contributed by atoms with Crippen molar-refractivity contribution in [3.63, 3.8) is 0 Å². The molecule has 110 valence electrons. The van der Waals surface area contributed by atoms with Crippen molar-refractivity contribution >= 4 is 27.3 Å². The number of nitro groups is 1. The lowest BCUT2D eigenvalue weighted by Crippen LogP contribution is -2.36. The molecule has 0 bridgehead atoms. The number of pyridine rings is 1. The zero-order valence-corrected chi connectivity index (χ0v) is 12.7. The first-order valence-corrected chi connectivity index (χ1v) is 7.55. The fraction of sp³-hybridized carbons (Fsp3) is 0.615. The number of aliphatic hydroxyl groups is 1. The van der Waals surface area contributed by atoms with Crippen molar-refractivity contribution in [1.82, 2.24) is 4.98 Å². The van der Waals surface area contributed by atoms with Crippen molar-refractivity contribution in [3.05, 3.63) is 27.0 Å². The Kier molecular flexibility index (Phi) is 4.93. The Bertz CT molecular complexity index is 488. The molecule has 1 heterocycles. The molecule has 0 amide bonds. The minimum atomic E-state index is -0.785. The lowest BCUT2D eigenvalue weighted by atomic mass is 9.94. The summed E-state index contributed by atoms with van der Waals surface area (Å²) in [5, 5.41) is 24.6. The molecule has 0 radical (unpaired) electrons. The van der Waals surface area contributed by atoms with Gasteiger partial charge in [0.15, 0.2) is 0 Å². The van der Waals surface area contributed by atoms with Crippen LogP contribution in [-0.4, -0.2) is 27.2 Å². The van der Waals surface area contributed by atoms with Crippen molar-refractivity contribution < 1.29 is 10.0 Å². The van der Waals surface area contributed by atoms with Crippen LogP contribution in [0.4, 0.5) is 11.4 Å². The van der Waals surface area contributed by atoms with Gasteiger partial charge in [0.25, 0.3) is 0 Å². The molecule has 0 saturated heterocycles. The quantitative estimate of drug-likeness (QED) is 0.497. The van der Waals surface area contributed by atoms with Gasteiger partial charge in [-0.1, -0.05) is 25.7 Å². The molecule has 1 aliphatic rings. The molecule has 1 aromatic rings. The largest absolute Gasteiger partial charge is 0.388 e. The van der Waals surface area contributed by atoms with E-state index in [-0.39, 0.29) is 5.69 Å². The SMILES string of the molecule is O=[N+]([O-])c1cncc(Br)c1NCC1(O)CCCCCC1. The van der Waals surface area contributed by atoms with E-state index in [0.717, 1.165) is 38.5 Å². The van der Waals surface area contributed by atoms with Gasteiger partial charge in [-0.25, -0.2) is 0 Å². The number of aromatic nitrogens is 1. The van der Waals surface area contributed by atoms with Crippen LogP contribution in [0.25, 0.3) is 0 Å². The van der Waals surface area contributed by atoms with Gasteiger partial charge in [-0.2, -0.15) is 0 Å². The van der Waals surface area contributed by atoms with Crippen molar-refractivity contribution in [3.8, 4) is 0 Å². The zero-order valence-electron chi connectivity index (χ0n) is 11.1. The highest BCUT2D eigenvalue weighted by Gasteiger charge is 2.29. The van der Waals surface area contributed by atoms with Crippen LogP contribution in [0.2, 0.25) is 0 Å². The van der Waals surface area contributed by atoms with E-state index in [4.69, 9.17) is 0 Å². The van der Waals surface area contributed by atoms with Gasteiger partial charge in [-0.3, -0.25) is 15.1 Å². The lowest BCUT2D eigenvalue weighted by Gasteiger charge is -2.27. The molecule has 1 saturated carbocycles. The van der Waals surface area contributed by atoms with Crippen molar-refractivity contribution in [2.45, 2.75) is 44.1 Å². The Morgan fingerprint density at radius 2 is 2.00 bits per heavy atom. The molecular weight excluding hydrogens is 326 g/mol. The highest BCUT2D eigenvalue weighted by molar-refractivity contribution is 9.10. The monoisotopic (exact) mass is 343 g/mol. The van der Waals surface area contributed by atoms with Crippen molar-refractivity contribution in [2.75, 3.05) is 11.9 Å². The molecule has 1 aliphatic carbocycles. The predicted molar refractivity (Wildman–Crippen MR) is 79.7 cm³/mol. The fourth-order valence-corrected chi connectivity index (χ4v) is 3.02. The fourth-order valence-electron chi connectivity index (χ4n) is 2.55. The summed E-state index contributed by atoms with van der Waals surface area (Å²) >= 11 is 3.26. The van der Waals surface area contributed by atoms with E-state index in [9.17, 15) is 15.2 Å². The van der Waals surface area contributed by atoms with Gasteiger partial charge in [0.2, 0.25) is 0 Å². The first kappa shape index (κ1) is 15.2. The van der Waals surface area contributed by atoms with Gasteiger partial charge in [0, 0.05) is 12.7 Å². The molecule has 7 heteroatoms. The number of hydrogen-bond donors (Lipinski definition) is 2. The van der Waals surface area contributed by atoms with Crippen LogP contribution in [0.3, 0.4) is 0 Å². The Labute approximate surface area is 125 Å². The van der Waals surface area contributed by atoms with Crippen LogP contribution in [0, 0.1) is 10.1 Å². The molecule has 1 fully saturated rings. The van der Waals surface area contributed by atoms with E-state index < -0.39 is 10.5 Å². The van der Waals surface area contributed by atoms with E-state index in [1.165, 1.54) is 12.4 Å². The van der Waals surface area contributed by atoms with Crippen LogP contribution < -0.4 is 5.32 Å². The van der Waals surface area contributed by atoms with Gasteiger partial charge in [-0.15, -0.1) is 0 Å². The molecule has 0 atom stereocenters. The molecule has 0 aliphatic heterocycles. The molecule has 20 heavy (non-hydrogen) atoms. The predicted octanol–water partition coefficient (Wildman–Crippen LogP) is 3.25. The van der Waals surface area contributed by atoms with Gasteiger partial charge in [-0.05, 0) is 28.8 Å². The standard InChI is InChI=1S/C13H18BrN3O3/c14-10-7-15-8-11(17(19)20)12(10)16-9-13(18)5-3-1-2-4-6-13/h7-8,18H,1-6,9H2,(H,15,16). The second kappa shape index (κ2) is 6.49. The Morgan fingerprint density at radius 3 is 2.60 bits per heavy atom. The summed E-state index contributed by atoms with van der Waals surface area (Å²) in [5.41, 5.74) is -0.494. The number of halogens is 1. The smallest absolute Gasteiger partial charge is 0.311 e. The lowest BCUT2D eigenvalue weighted by molar-refractivity contribution is -0.384. The number of hydrogen-bond acceptors (Lipinski definition) is 5. The molecular formula is C13H18BrN3O3. The third-order valence-corrected chi connectivity index (χ3v) is 4.31. The van der Waals surface area contributed by atoms with E-state index >= 15 is 0 Å². The summed E-state index contributed by atoms with van der Waals surface area (Å²) in [5.74, 6) is 0. The summed E-state index contributed by atoms with van der Waals surface area (Å²) in [6.07, 6.45) is 8.46. The third kappa shape index (κ3) is 3.67. The maximum atomic E-state index is 11.0. The number of nitrogens with zero attached hydrogens (tertiary/aromatic N) is 2. The summed E-state index contributed by atoms with van der Waals surface area (Å²) < 4.78 is 0.531. The van der Waals surface area contributed by atoms with Crippen molar-refractivity contribution in [1.29, 1.82) is 0 Å². The average Bonchev–Trinajstić information content (AvgIpc) is 2.62. The Morgan fingerprint density at radius 1 is 1.35 bits per heavy atom. The van der Waals surface area contributed by atoms with Gasteiger partial charge >= 0.3 is 5.69 Å². The van der Waals surface area contributed by atoms with Gasteiger partial charge in [0.1, 0.15) is 11.9 Å². The second-order valence-corrected chi connectivity index (χ2v) is 6.12. The number of nitrogens with one attached hydrogen (secondary N) is 1. The molecule has 6 nitrogen and oxygen atoms in total. The van der Waals surface area contributed by atoms with Crippen LogP contribution in [-0.2, 0) is 0 Å². The third-order valence-electron chi connectivity index (χ3n) is 3.70. The minimum absolute atomic E-state index is 0.0865. The maximum Gasteiger partial charge on any atom is 0.311 e. The second-order valence-electron chi connectivity index (χ2n) is 5.26. The van der Waals surface area contributed by atoms with E-state index in [2.05, 4.69) is 26.2 Å². The molecule has 0 unspecified atom stereocenters. The molecule has 0 aromatic carbocycles. The Hall–Kier alpha value is -1.21. The summed E-state index contributed by atoms with van der Waals surface area (Å²) in [4.78, 5) is 14.3. The Balaban J connectivity index is 2.12. The van der Waals surface area contributed by atoms with Crippen LogP contribution in [0.5, 0.6) is 0 Å². The zero-order chi connectivity index (χ0) is 14.6. The van der Waals surface area contributed by atoms with Crippen LogP contribution in [0.1, 0.15) is 38.5 Å². The summed E-state index contributed by atoms with van der Waals surface area (Å²) in [6.45, 7) is 0.316. The van der Waals surface area contributed by atoms with E-state index in [1.54, 1.807) is 0 Å². The molecule has 1 aromatic heterocycles. The van der Waals surface area contributed by atoms with Crippen LogP contribution in [0.15, 0.2) is 16.9 Å². The topological polar surface area (TPSA) is 88.3 Å². The summed E-state index contributed by atoms with van der Waals surface area (Å²) in [6, 6.07) is 0. The van der Waals surface area contributed by atoms with Crippen molar-refractivity contribution in [2.24, 2.45) is 0 Å².